The second-order valence-electron chi connectivity index (χ2n) is 5.40. The van der Waals surface area contributed by atoms with Crippen molar-refractivity contribution in [2.75, 3.05) is 0 Å². The third kappa shape index (κ3) is 3.56. The van der Waals surface area contributed by atoms with Crippen molar-refractivity contribution >= 4 is 16.7 Å². The van der Waals surface area contributed by atoms with Crippen molar-refractivity contribution in [2.45, 2.75) is 13.0 Å². The van der Waals surface area contributed by atoms with E-state index in [4.69, 9.17) is 5.26 Å². The molecule has 0 radical (unpaired) electrons. The number of amides is 1. The maximum absolute atomic E-state index is 12.2. The van der Waals surface area contributed by atoms with Gasteiger partial charge in [-0.1, -0.05) is 54.6 Å². The average Bonchev–Trinajstić information content (AvgIpc) is 2.61. The van der Waals surface area contributed by atoms with Gasteiger partial charge in [-0.2, -0.15) is 5.26 Å². The molecule has 3 heteroatoms. The van der Waals surface area contributed by atoms with Gasteiger partial charge >= 0.3 is 0 Å². The van der Waals surface area contributed by atoms with E-state index in [0.717, 1.165) is 21.9 Å². The highest BCUT2D eigenvalue weighted by atomic mass is 16.1. The summed E-state index contributed by atoms with van der Waals surface area (Å²) in [7, 11) is 0. The Bertz CT molecular complexity index is 871. The SMILES string of the molecule is N#Cc1ccc(CNC(=O)Cc2cccc3ccccc23)cc1. The number of benzene rings is 3. The summed E-state index contributed by atoms with van der Waals surface area (Å²) in [6.45, 7) is 0.468. The van der Waals surface area contributed by atoms with Crippen molar-refractivity contribution in [3.05, 3.63) is 83.4 Å². The topological polar surface area (TPSA) is 52.9 Å². The predicted molar refractivity (Wildman–Crippen MR) is 90.7 cm³/mol. The van der Waals surface area contributed by atoms with Crippen LogP contribution < -0.4 is 5.32 Å². The Hall–Kier alpha value is -3.12. The lowest BCUT2D eigenvalue weighted by molar-refractivity contribution is -0.120. The van der Waals surface area contributed by atoms with Crippen LogP contribution in [-0.4, -0.2) is 5.91 Å². The fraction of sp³-hybridized carbons (Fsp3) is 0.100. The Morgan fingerprint density at radius 2 is 1.70 bits per heavy atom. The first-order valence-electron chi connectivity index (χ1n) is 7.48. The van der Waals surface area contributed by atoms with Gasteiger partial charge in [-0.15, -0.1) is 0 Å². The van der Waals surface area contributed by atoms with Crippen molar-refractivity contribution in [1.29, 1.82) is 5.26 Å². The molecule has 0 aromatic heterocycles. The molecular weight excluding hydrogens is 284 g/mol. The Kier molecular flexibility index (Phi) is 4.35. The molecule has 0 saturated heterocycles. The Morgan fingerprint density at radius 3 is 2.48 bits per heavy atom. The smallest absolute Gasteiger partial charge is 0.224 e. The minimum Gasteiger partial charge on any atom is -0.352 e. The van der Waals surface area contributed by atoms with Gasteiger partial charge in [-0.25, -0.2) is 0 Å². The molecule has 3 rings (SSSR count). The Labute approximate surface area is 135 Å². The third-order valence-electron chi connectivity index (χ3n) is 3.80. The van der Waals surface area contributed by atoms with Crippen LogP contribution in [-0.2, 0) is 17.8 Å². The normalized spacial score (nSPS) is 10.2. The molecule has 0 spiro atoms. The van der Waals surface area contributed by atoms with Crippen molar-refractivity contribution in [3.63, 3.8) is 0 Å². The number of nitriles is 1. The fourth-order valence-electron chi connectivity index (χ4n) is 2.58. The van der Waals surface area contributed by atoms with Gasteiger partial charge in [-0.05, 0) is 34.0 Å². The van der Waals surface area contributed by atoms with E-state index in [0.29, 0.717) is 18.5 Å². The van der Waals surface area contributed by atoms with Crippen LogP contribution in [0.5, 0.6) is 0 Å². The minimum absolute atomic E-state index is 0.00860. The van der Waals surface area contributed by atoms with Gasteiger partial charge in [-0.3, -0.25) is 4.79 Å². The van der Waals surface area contributed by atoms with Crippen LogP contribution in [0.15, 0.2) is 66.7 Å². The maximum Gasteiger partial charge on any atom is 0.224 e. The highest BCUT2D eigenvalue weighted by Crippen LogP contribution is 2.18. The molecule has 23 heavy (non-hydrogen) atoms. The van der Waals surface area contributed by atoms with E-state index < -0.39 is 0 Å². The highest BCUT2D eigenvalue weighted by Gasteiger charge is 2.06. The number of carbonyl (C=O) groups excluding carboxylic acids is 1. The molecule has 3 nitrogen and oxygen atoms in total. The van der Waals surface area contributed by atoms with E-state index in [2.05, 4.69) is 11.4 Å². The standard InChI is InChI=1S/C20H16N2O/c21-13-15-8-10-16(11-9-15)14-22-20(23)12-18-6-3-5-17-4-1-2-7-19(17)18/h1-11H,12,14H2,(H,22,23). The quantitative estimate of drug-likeness (QED) is 0.801. The molecule has 1 N–H and O–H groups in total. The molecule has 0 aliphatic heterocycles. The van der Waals surface area contributed by atoms with Crippen LogP contribution in [0.4, 0.5) is 0 Å². The monoisotopic (exact) mass is 300 g/mol. The van der Waals surface area contributed by atoms with Crippen molar-refractivity contribution < 1.29 is 4.79 Å². The first-order valence-corrected chi connectivity index (χ1v) is 7.48. The first-order chi connectivity index (χ1) is 11.3. The van der Waals surface area contributed by atoms with Gasteiger partial charge in [0.05, 0.1) is 18.1 Å². The van der Waals surface area contributed by atoms with Crippen LogP contribution in [0.2, 0.25) is 0 Å². The molecule has 0 fully saturated rings. The van der Waals surface area contributed by atoms with E-state index in [1.54, 1.807) is 12.1 Å². The molecule has 3 aromatic carbocycles. The number of hydrogen-bond donors (Lipinski definition) is 1. The Balaban J connectivity index is 1.65. The number of nitrogens with zero attached hydrogens (tertiary/aromatic N) is 1. The van der Waals surface area contributed by atoms with Gasteiger partial charge in [0.25, 0.3) is 0 Å². The predicted octanol–water partition coefficient (Wildman–Crippen LogP) is 3.57. The number of carbonyl (C=O) groups is 1. The van der Waals surface area contributed by atoms with Crippen LogP contribution in [0, 0.1) is 11.3 Å². The molecule has 0 aliphatic rings. The number of rotatable bonds is 4. The van der Waals surface area contributed by atoms with Gasteiger partial charge in [0, 0.05) is 6.54 Å². The van der Waals surface area contributed by atoms with Crippen LogP contribution in [0.3, 0.4) is 0 Å². The zero-order valence-corrected chi connectivity index (χ0v) is 12.6. The van der Waals surface area contributed by atoms with Crippen LogP contribution in [0.25, 0.3) is 10.8 Å². The van der Waals surface area contributed by atoms with Gasteiger partial charge in [0.1, 0.15) is 0 Å². The van der Waals surface area contributed by atoms with Crippen molar-refractivity contribution in [3.8, 4) is 6.07 Å². The van der Waals surface area contributed by atoms with Gasteiger partial charge < -0.3 is 5.32 Å². The lowest BCUT2D eigenvalue weighted by Crippen LogP contribution is -2.24. The maximum atomic E-state index is 12.2. The molecule has 0 unspecified atom stereocenters. The molecule has 0 heterocycles. The molecule has 0 saturated carbocycles. The zero-order chi connectivity index (χ0) is 16.1. The summed E-state index contributed by atoms with van der Waals surface area (Å²) < 4.78 is 0. The highest BCUT2D eigenvalue weighted by molar-refractivity contribution is 5.90. The molecule has 1 amide bonds. The summed E-state index contributed by atoms with van der Waals surface area (Å²) >= 11 is 0. The molecular formula is C20H16N2O. The molecule has 112 valence electrons. The van der Waals surface area contributed by atoms with Gasteiger partial charge in [0.2, 0.25) is 5.91 Å². The van der Waals surface area contributed by atoms with E-state index in [1.165, 1.54) is 0 Å². The summed E-state index contributed by atoms with van der Waals surface area (Å²) in [6.07, 6.45) is 0.359. The molecule has 3 aromatic rings. The van der Waals surface area contributed by atoms with Crippen molar-refractivity contribution in [1.82, 2.24) is 5.32 Å². The number of hydrogen-bond acceptors (Lipinski definition) is 2. The second-order valence-corrected chi connectivity index (χ2v) is 5.40. The zero-order valence-electron chi connectivity index (χ0n) is 12.6. The lowest BCUT2D eigenvalue weighted by Gasteiger charge is -2.08. The summed E-state index contributed by atoms with van der Waals surface area (Å²) in [5.74, 6) is -0.00860. The van der Waals surface area contributed by atoms with E-state index >= 15 is 0 Å². The summed E-state index contributed by atoms with van der Waals surface area (Å²) in [5, 5.41) is 14.0. The summed E-state index contributed by atoms with van der Waals surface area (Å²) in [5.41, 5.74) is 2.63. The van der Waals surface area contributed by atoms with E-state index in [1.807, 2.05) is 54.6 Å². The minimum atomic E-state index is -0.00860. The molecule has 0 aliphatic carbocycles. The van der Waals surface area contributed by atoms with E-state index in [9.17, 15) is 4.79 Å². The largest absolute Gasteiger partial charge is 0.352 e. The van der Waals surface area contributed by atoms with E-state index in [-0.39, 0.29) is 5.91 Å². The third-order valence-corrected chi connectivity index (χ3v) is 3.80. The summed E-state index contributed by atoms with van der Waals surface area (Å²) in [4.78, 5) is 12.2. The fourth-order valence-corrected chi connectivity index (χ4v) is 2.58. The van der Waals surface area contributed by atoms with Crippen molar-refractivity contribution in [2.24, 2.45) is 0 Å². The first kappa shape index (κ1) is 14.8. The number of fused-ring (bicyclic) bond motifs is 1. The van der Waals surface area contributed by atoms with Crippen LogP contribution in [0.1, 0.15) is 16.7 Å². The molecule has 0 bridgehead atoms. The van der Waals surface area contributed by atoms with Crippen LogP contribution >= 0.6 is 0 Å². The average molecular weight is 300 g/mol. The summed E-state index contributed by atoms with van der Waals surface area (Å²) in [6, 6.07) is 23.4. The number of nitrogens with one attached hydrogen (secondary N) is 1. The Morgan fingerprint density at radius 1 is 0.957 bits per heavy atom. The second kappa shape index (κ2) is 6.76. The van der Waals surface area contributed by atoms with Gasteiger partial charge in [0.15, 0.2) is 0 Å². The lowest BCUT2D eigenvalue weighted by atomic mass is 10.0. The molecule has 0 atom stereocenters.